The van der Waals surface area contributed by atoms with E-state index in [-0.39, 0.29) is 28.0 Å². The summed E-state index contributed by atoms with van der Waals surface area (Å²) < 4.78 is 44.7. The minimum absolute atomic E-state index is 0.0291. The van der Waals surface area contributed by atoms with Gasteiger partial charge in [-0.3, -0.25) is 4.79 Å². The Hall–Kier alpha value is -2.94. The van der Waals surface area contributed by atoms with Crippen LogP contribution in [0.1, 0.15) is 30.9 Å². The lowest BCUT2D eigenvalue weighted by Gasteiger charge is -2.41. The molecule has 196 valence electrons. The van der Waals surface area contributed by atoms with E-state index in [1.807, 2.05) is 13.1 Å². The van der Waals surface area contributed by atoms with E-state index < -0.39 is 21.3 Å². The third-order valence-electron chi connectivity index (χ3n) is 6.72. The van der Waals surface area contributed by atoms with Gasteiger partial charge in [0.05, 0.1) is 22.1 Å². The Morgan fingerprint density at radius 2 is 1.70 bits per heavy atom. The fraction of sp³-hybridized carbons (Fsp3) is 0.321. The van der Waals surface area contributed by atoms with Gasteiger partial charge < -0.3 is 15.0 Å². The molecule has 1 N–H and O–H groups in total. The fourth-order valence-corrected chi connectivity index (χ4v) is 5.41. The summed E-state index contributed by atoms with van der Waals surface area (Å²) in [6.07, 6.45) is 1.51. The standard InChI is InChI=1S/C28H30ClFN2O4S/c1-3-37(34,35)24-11-4-20(5-12-24)18-27(33)31-22-7-9-23(10-8-22)36-28(14-16-32(2)17-15-28)21-6-13-25(29)26(30)19-21/h4-13,19H,3,14-18H2,1-2H3,(H,31,33). The second-order valence-corrected chi connectivity index (χ2v) is 12.0. The van der Waals surface area contributed by atoms with Gasteiger partial charge in [-0.2, -0.15) is 0 Å². The summed E-state index contributed by atoms with van der Waals surface area (Å²) in [7, 11) is -1.23. The van der Waals surface area contributed by atoms with E-state index in [0.717, 1.165) is 18.7 Å². The number of hydrogen-bond acceptors (Lipinski definition) is 5. The largest absolute Gasteiger partial charge is 0.482 e. The van der Waals surface area contributed by atoms with Gasteiger partial charge in [0, 0.05) is 31.6 Å². The van der Waals surface area contributed by atoms with Crippen LogP contribution >= 0.6 is 11.6 Å². The molecule has 4 rings (SSSR count). The molecular formula is C28H30ClFN2O4S. The molecular weight excluding hydrogens is 515 g/mol. The Balaban J connectivity index is 1.43. The molecule has 1 saturated heterocycles. The minimum Gasteiger partial charge on any atom is -0.482 e. The van der Waals surface area contributed by atoms with Crippen LogP contribution in [0.15, 0.2) is 71.6 Å². The first kappa shape index (κ1) is 27.1. The maximum atomic E-state index is 14.3. The molecule has 3 aromatic rings. The topological polar surface area (TPSA) is 75.7 Å². The Bertz CT molecular complexity index is 1350. The van der Waals surface area contributed by atoms with Gasteiger partial charge in [-0.15, -0.1) is 0 Å². The van der Waals surface area contributed by atoms with E-state index in [2.05, 4.69) is 10.2 Å². The molecule has 0 radical (unpaired) electrons. The van der Waals surface area contributed by atoms with Crippen molar-refractivity contribution in [2.75, 3.05) is 31.2 Å². The lowest BCUT2D eigenvalue weighted by Crippen LogP contribution is -2.44. The summed E-state index contributed by atoms with van der Waals surface area (Å²) in [4.78, 5) is 15.0. The predicted molar refractivity (Wildman–Crippen MR) is 143 cm³/mol. The molecule has 1 fully saturated rings. The van der Waals surface area contributed by atoms with Crippen LogP contribution in [0.5, 0.6) is 5.75 Å². The molecule has 0 saturated carbocycles. The molecule has 0 aromatic heterocycles. The number of piperidine rings is 1. The van der Waals surface area contributed by atoms with Gasteiger partial charge in [0.1, 0.15) is 17.2 Å². The molecule has 0 aliphatic carbocycles. The van der Waals surface area contributed by atoms with Crippen molar-refractivity contribution in [3.8, 4) is 5.75 Å². The van der Waals surface area contributed by atoms with E-state index in [4.69, 9.17) is 16.3 Å². The molecule has 37 heavy (non-hydrogen) atoms. The average molecular weight is 545 g/mol. The number of sulfone groups is 1. The molecule has 1 aliphatic heterocycles. The van der Waals surface area contributed by atoms with Crippen LogP contribution in [-0.4, -0.2) is 45.1 Å². The summed E-state index contributed by atoms with van der Waals surface area (Å²) in [5, 5.41) is 2.93. The number of ether oxygens (including phenoxy) is 1. The Labute approximate surface area is 222 Å². The third kappa shape index (κ3) is 6.50. The van der Waals surface area contributed by atoms with Crippen molar-refractivity contribution >= 4 is 33.0 Å². The number of halogens is 2. The van der Waals surface area contributed by atoms with Crippen LogP contribution in [0, 0.1) is 5.82 Å². The highest BCUT2D eigenvalue weighted by atomic mass is 35.5. The van der Waals surface area contributed by atoms with Gasteiger partial charge in [-0.05, 0) is 66.7 Å². The average Bonchev–Trinajstić information content (AvgIpc) is 2.88. The zero-order chi connectivity index (χ0) is 26.6. The van der Waals surface area contributed by atoms with E-state index in [0.29, 0.717) is 29.8 Å². The van der Waals surface area contributed by atoms with Crippen LogP contribution in [0.25, 0.3) is 0 Å². The first-order valence-corrected chi connectivity index (χ1v) is 14.2. The van der Waals surface area contributed by atoms with Crippen molar-refractivity contribution in [3.63, 3.8) is 0 Å². The normalized spacial score (nSPS) is 15.8. The molecule has 0 atom stereocenters. The van der Waals surface area contributed by atoms with Crippen LogP contribution < -0.4 is 10.1 Å². The second-order valence-electron chi connectivity index (χ2n) is 9.33. The lowest BCUT2D eigenvalue weighted by atomic mass is 9.84. The third-order valence-corrected chi connectivity index (χ3v) is 8.78. The van der Waals surface area contributed by atoms with E-state index in [1.165, 1.54) is 18.2 Å². The Morgan fingerprint density at radius 3 is 2.30 bits per heavy atom. The molecule has 0 bridgehead atoms. The summed E-state index contributed by atoms with van der Waals surface area (Å²) >= 11 is 5.91. The highest BCUT2D eigenvalue weighted by molar-refractivity contribution is 7.91. The molecule has 1 amide bonds. The van der Waals surface area contributed by atoms with Crippen molar-refractivity contribution < 1.29 is 22.3 Å². The Morgan fingerprint density at radius 1 is 1.05 bits per heavy atom. The van der Waals surface area contributed by atoms with Gasteiger partial charge in [-0.25, -0.2) is 12.8 Å². The SMILES string of the molecule is CCS(=O)(=O)c1ccc(CC(=O)Nc2ccc(OC3(c4ccc(Cl)c(F)c4)CCN(C)CC3)cc2)cc1. The molecule has 3 aromatic carbocycles. The molecule has 1 heterocycles. The number of benzene rings is 3. The quantitative estimate of drug-likeness (QED) is 0.408. The van der Waals surface area contributed by atoms with Gasteiger partial charge in [0.25, 0.3) is 0 Å². The van der Waals surface area contributed by atoms with Crippen LogP contribution in [0.3, 0.4) is 0 Å². The van der Waals surface area contributed by atoms with Gasteiger partial charge >= 0.3 is 0 Å². The molecule has 9 heteroatoms. The minimum atomic E-state index is -3.28. The van der Waals surface area contributed by atoms with Crippen LogP contribution in [0.2, 0.25) is 5.02 Å². The van der Waals surface area contributed by atoms with E-state index in [1.54, 1.807) is 49.4 Å². The number of nitrogens with one attached hydrogen (secondary N) is 1. The predicted octanol–water partition coefficient (Wildman–Crippen LogP) is 5.45. The maximum absolute atomic E-state index is 14.3. The zero-order valence-electron chi connectivity index (χ0n) is 20.8. The number of carbonyl (C=O) groups excluding carboxylic acids is 1. The van der Waals surface area contributed by atoms with Crippen molar-refractivity contribution in [1.82, 2.24) is 4.90 Å². The maximum Gasteiger partial charge on any atom is 0.228 e. The van der Waals surface area contributed by atoms with Crippen molar-refractivity contribution in [3.05, 3.63) is 88.7 Å². The van der Waals surface area contributed by atoms with Gasteiger partial charge in [0.15, 0.2) is 9.84 Å². The number of anilines is 1. The Kier molecular flexibility index (Phi) is 8.21. The van der Waals surface area contributed by atoms with Crippen molar-refractivity contribution in [2.24, 2.45) is 0 Å². The first-order chi connectivity index (χ1) is 17.6. The zero-order valence-corrected chi connectivity index (χ0v) is 22.4. The highest BCUT2D eigenvalue weighted by Gasteiger charge is 2.38. The number of likely N-dealkylation sites (tertiary alicyclic amines) is 1. The number of amides is 1. The smallest absolute Gasteiger partial charge is 0.228 e. The van der Waals surface area contributed by atoms with Crippen LogP contribution in [0.4, 0.5) is 10.1 Å². The molecule has 0 unspecified atom stereocenters. The lowest BCUT2D eigenvalue weighted by molar-refractivity contribution is -0.115. The summed E-state index contributed by atoms with van der Waals surface area (Å²) in [6, 6.07) is 18.3. The number of nitrogens with zero attached hydrogens (tertiary/aromatic N) is 1. The van der Waals surface area contributed by atoms with Gasteiger partial charge in [-0.1, -0.05) is 36.7 Å². The van der Waals surface area contributed by atoms with Gasteiger partial charge in [0.2, 0.25) is 5.91 Å². The summed E-state index contributed by atoms with van der Waals surface area (Å²) in [6.45, 7) is 3.21. The monoisotopic (exact) mass is 544 g/mol. The summed E-state index contributed by atoms with van der Waals surface area (Å²) in [5.74, 6) is -0.0454. The molecule has 1 aliphatic rings. The molecule has 6 nitrogen and oxygen atoms in total. The van der Waals surface area contributed by atoms with Crippen molar-refractivity contribution in [2.45, 2.75) is 36.7 Å². The summed E-state index contributed by atoms with van der Waals surface area (Å²) in [5.41, 5.74) is 1.39. The van der Waals surface area contributed by atoms with Crippen LogP contribution in [-0.2, 0) is 26.7 Å². The number of carbonyl (C=O) groups is 1. The number of hydrogen-bond donors (Lipinski definition) is 1. The van der Waals surface area contributed by atoms with E-state index >= 15 is 0 Å². The van der Waals surface area contributed by atoms with Crippen molar-refractivity contribution in [1.29, 1.82) is 0 Å². The van der Waals surface area contributed by atoms with E-state index in [9.17, 15) is 17.6 Å². The molecule has 0 spiro atoms. The second kappa shape index (κ2) is 11.2. The fourth-order valence-electron chi connectivity index (χ4n) is 4.41. The number of rotatable bonds is 8. The first-order valence-electron chi connectivity index (χ1n) is 12.1. The highest BCUT2D eigenvalue weighted by Crippen LogP contribution is 2.39.